The van der Waals surface area contributed by atoms with Crippen molar-refractivity contribution in [2.45, 2.75) is 31.5 Å². The molecule has 174 valence electrons. The van der Waals surface area contributed by atoms with E-state index in [0.717, 1.165) is 16.8 Å². The largest absolute Gasteiger partial charge is 0.493 e. The first-order valence-electron chi connectivity index (χ1n) is 11.3. The summed E-state index contributed by atoms with van der Waals surface area (Å²) in [7, 11) is 1.62. The molecule has 34 heavy (non-hydrogen) atoms. The van der Waals surface area contributed by atoms with Gasteiger partial charge < -0.3 is 19.7 Å². The highest BCUT2D eigenvalue weighted by atomic mass is 35.5. The fraction of sp³-hybridized carbons (Fsp3) is 0.250. The van der Waals surface area contributed by atoms with Crippen LogP contribution in [0.2, 0.25) is 5.02 Å². The summed E-state index contributed by atoms with van der Waals surface area (Å²) in [5, 5.41) is 3.92. The number of halogens is 1. The van der Waals surface area contributed by atoms with Gasteiger partial charge in [0.15, 0.2) is 11.5 Å². The monoisotopic (exact) mass is 474 g/mol. The van der Waals surface area contributed by atoms with E-state index in [1.54, 1.807) is 7.11 Å². The summed E-state index contributed by atoms with van der Waals surface area (Å²) in [6.45, 7) is 5.03. The highest BCUT2D eigenvalue weighted by molar-refractivity contribution is 6.31. The number of rotatable bonds is 6. The zero-order chi connectivity index (χ0) is 23.9. The molecule has 0 aliphatic carbocycles. The second kappa shape index (κ2) is 8.41. The van der Waals surface area contributed by atoms with E-state index in [1.165, 1.54) is 5.56 Å². The van der Waals surface area contributed by atoms with Crippen molar-refractivity contribution in [3.05, 3.63) is 94.5 Å². The first-order valence-corrected chi connectivity index (χ1v) is 11.7. The summed E-state index contributed by atoms with van der Waals surface area (Å²) in [5.74, 6) is 1.29. The number of carbonyl (C=O) groups excluding carboxylic acids is 1. The van der Waals surface area contributed by atoms with Crippen molar-refractivity contribution in [1.29, 1.82) is 0 Å². The summed E-state index contributed by atoms with van der Waals surface area (Å²) < 4.78 is 11.6. The average molecular weight is 475 g/mol. The van der Waals surface area contributed by atoms with Gasteiger partial charge in [0.2, 0.25) is 5.91 Å². The van der Waals surface area contributed by atoms with Gasteiger partial charge in [-0.25, -0.2) is 0 Å². The van der Waals surface area contributed by atoms with E-state index >= 15 is 0 Å². The van der Waals surface area contributed by atoms with Crippen LogP contribution in [-0.4, -0.2) is 25.2 Å². The second-order valence-corrected chi connectivity index (χ2v) is 9.57. The Bertz CT molecular complexity index is 1290. The van der Waals surface area contributed by atoms with Gasteiger partial charge in [0.25, 0.3) is 0 Å². The average Bonchev–Trinajstić information content (AvgIpc) is 3.27. The van der Waals surface area contributed by atoms with Gasteiger partial charge in [0.05, 0.1) is 13.7 Å². The minimum atomic E-state index is -0.639. The quantitative estimate of drug-likeness (QED) is 0.507. The Labute approximate surface area is 204 Å². The van der Waals surface area contributed by atoms with Gasteiger partial charge in [-0.15, -0.1) is 0 Å². The van der Waals surface area contributed by atoms with Gasteiger partial charge in [-0.2, -0.15) is 0 Å². The lowest BCUT2D eigenvalue weighted by Crippen LogP contribution is -2.58. The number of para-hydroxylation sites is 1. The molecule has 1 atom stereocenters. The molecule has 0 saturated carbocycles. The summed E-state index contributed by atoms with van der Waals surface area (Å²) in [5.41, 5.74) is 3.23. The highest BCUT2D eigenvalue weighted by Gasteiger charge is 2.59. The molecule has 3 aromatic rings. The van der Waals surface area contributed by atoms with E-state index in [-0.39, 0.29) is 11.3 Å². The van der Waals surface area contributed by atoms with Crippen molar-refractivity contribution >= 4 is 29.3 Å². The maximum Gasteiger partial charge on any atom is 0.241 e. The molecule has 6 heteroatoms. The van der Waals surface area contributed by atoms with Crippen LogP contribution >= 0.6 is 11.6 Å². The molecule has 1 unspecified atom stereocenters. The molecular weight excluding hydrogens is 448 g/mol. The first-order chi connectivity index (χ1) is 16.4. The van der Waals surface area contributed by atoms with Crippen molar-refractivity contribution in [2.75, 3.05) is 18.6 Å². The third-order valence-corrected chi connectivity index (χ3v) is 7.29. The molecule has 1 fully saturated rings. The Morgan fingerprint density at radius 2 is 1.82 bits per heavy atom. The van der Waals surface area contributed by atoms with E-state index in [2.05, 4.69) is 42.3 Å². The van der Waals surface area contributed by atoms with Crippen LogP contribution in [0, 0.1) is 0 Å². The number of nitrogens with zero attached hydrogens (tertiary/aromatic N) is 1. The first kappa shape index (κ1) is 22.4. The predicted octanol–water partition coefficient (Wildman–Crippen LogP) is 5.56. The Balaban J connectivity index is 1.43. The van der Waals surface area contributed by atoms with Gasteiger partial charge in [0, 0.05) is 21.7 Å². The minimum Gasteiger partial charge on any atom is -0.493 e. The summed E-state index contributed by atoms with van der Waals surface area (Å²) >= 11 is 6.25. The summed E-state index contributed by atoms with van der Waals surface area (Å²) in [6.07, 6.45) is 4.13. The smallest absolute Gasteiger partial charge is 0.241 e. The number of benzene rings is 3. The van der Waals surface area contributed by atoms with Crippen molar-refractivity contribution in [1.82, 2.24) is 5.32 Å². The number of anilines is 1. The Morgan fingerprint density at radius 3 is 2.62 bits per heavy atom. The van der Waals surface area contributed by atoms with E-state index in [4.69, 9.17) is 21.1 Å². The zero-order valence-electron chi connectivity index (χ0n) is 19.5. The standard InChI is InChI=1S/C28H27ClN2O3/c1-27(2)21-9-5-7-11-23(21)31-17-26(32)30-28(27,31)15-14-19-12-13-24(25(16-19)33-3)34-18-20-8-4-6-10-22(20)29/h4-16H,17-18H2,1-3H3,(H,30,32)/b15-14+. The van der Waals surface area contributed by atoms with Crippen molar-refractivity contribution in [3.8, 4) is 11.5 Å². The molecule has 5 rings (SSSR count). The third kappa shape index (κ3) is 3.51. The van der Waals surface area contributed by atoms with Gasteiger partial charge in [-0.3, -0.25) is 4.79 Å². The van der Waals surface area contributed by atoms with Gasteiger partial charge in [-0.1, -0.05) is 74.0 Å². The lowest BCUT2D eigenvalue weighted by molar-refractivity contribution is -0.118. The van der Waals surface area contributed by atoms with Crippen molar-refractivity contribution in [2.24, 2.45) is 0 Å². The van der Waals surface area contributed by atoms with E-state index in [0.29, 0.717) is 29.7 Å². The van der Waals surface area contributed by atoms with Crippen LogP contribution < -0.4 is 19.7 Å². The molecular formula is C28H27ClN2O3. The molecule has 1 saturated heterocycles. The molecule has 3 aromatic carbocycles. The summed E-state index contributed by atoms with van der Waals surface area (Å²) in [4.78, 5) is 14.7. The number of ether oxygens (including phenoxy) is 2. The number of nitrogens with one attached hydrogen (secondary N) is 1. The molecule has 1 N–H and O–H groups in total. The van der Waals surface area contributed by atoms with Crippen molar-refractivity contribution in [3.63, 3.8) is 0 Å². The molecule has 5 nitrogen and oxygen atoms in total. The molecule has 0 aromatic heterocycles. The predicted molar refractivity (Wildman–Crippen MR) is 135 cm³/mol. The lowest BCUT2D eigenvalue weighted by Gasteiger charge is -2.40. The van der Waals surface area contributed by atoms with Crippen LogP contribution in [0.3, 0.4) is 0 Å². The highest BCUT2D eigenvalue weighted by Crippen LogP contribution is 2.52. The Morgan fingerprint density at radius 1 is 1.06 bits per heavy atom. The normalized spacial score (nSPS) is 20.2. The number of methoxy groups -OCH3 is 1. The third-order valence-electron chi connectivity index (χ3n) is 6.92. The number of fused-ring (bicyclic) bond motifs is 3. The molecule has 0 spiro atoms. The SMILES string of the molecule is COc1cc(/C=C/C23NC(=O)CN2c2ccccc2C3(C)C)ccc1OCc1ccccc1Cl. The van der Waals surface area contributed by atoms with Crippen LogP contribution in [0.5, 0.6) is 11.5 Å². The van der Waals surface area contributed by atoms with Crippen molar-refractivity contribution < 1.29 is 14.3 Å². The van der Waals surface area contributed by atoms with Crippen LogP contribution in [0.4, 0.5) is 5.69 Å². The fourth-order valence-electron chi connectivity index (χ4n) is 5.03. The topological polar surface area (TPSA) is 50.8 Å². The molecule has 0 radical (unpaired) electrons. The molecule has 0 bridgehead atoms. The Kier molecular flexibility index (Phi) is 5.53. The van der Waals surface area contributed by atoms with E-state index in [1.807, 2.05) is 60.7 Å². The maximum absolute atomic E-state index is 12.5. The second-order valence-electron chi connectivity index (χ2n) is 9.17. The molecule has 2 aliphatic heterocycles. The molecule has 1 amide bonds. The lowest BCUT2D eigenvalue weighted by atomic mass is 9.75. The van der Waals surface area contributed by atoms with Gasteiger partial charge in [0.1, 0.15) is 12.3 Å². The number of hydrogen-bond acceptors (Lipinski definition) is 4. The fourth-order valence-corrected chi connectivity index (χ4v) is 5.22. The molecule has 2 aliphatic rings. The number of hydrogen-bond donors (Lipinski definition) is 1. The van der Waals surface area contributed by atoms with E-state index in [9.17, 15) is 4.79 Å². The van der Waals surface area contributed by atoms with Gasteiger partial charge >= 0.3 is 0 Å². The Hall–Kier alpha value is -3.44. The van der Waals surface area contributed by atoms with Crippen LogP contribution in [0.1, 0.15) is 30.5 Å². The summed E-state index contributed by atoms with van der Waals surface area (Å²) in [6, 6.07) is 21.7. The van der Waals surface area contributed by atoms with E-state index < -0.39 is 5.66 Å². The number of amides is 1. The molecule has 2 heterocycles. The van der Waals surface area contributed by atoms with Crippen LogP contribution in [0.25, 0.3) is 6.08 Å². The number of carbonyl (C=O) groups is 1. The maximum atomic E-state index is 12.5. The zero-order valence-corrected chi connectivity index (χ0v) is 20.2. The van der Waals surface area contributed by atoms with Crippen LogP contribution in [0.15, 0.2) is 72.8 Å². The van der Waals surface area contributed by atoms with Gasteiger partial charge in [-0.05, 0) is 41.5 Å². The van der Waals surface area contributed by atoms with Crippen LogP contribution in [-0.2, 0) is 16.8 Å². The minimum absolute atomic E-state index is 0.0214.